The second-order valence-electron chi connectivity index (χ2n) is 5.25. The molecule has 128 valence electrons. The third-order valence-electron chi connectivity index (χ3n) is 3.25. The molecular weight excluding hydrogens is 359 g/mol. The Morgan fingerprint density at radius 2 is 1.79 bits per heavy atom. The van der Waals surface area contributed by atoms with Crippen LogP contribution >= 0.6 is 23.4 Å². The summed E-state index contributed by atoms with van der Waals surface area (Å²) in [5, 5.41) is 1.75. The Labute approximate surface area is 147 Å². The smallest absolute Gasteiger partial charge is 0.325 e. The highest BCUT2D eigenvalue weighted by molar-refractivity contribution is 8.00. The van der Waals surface area contributed by atoms with E-state index in [1.54, 1.807) is 6.92 Å². The van der Waals surface area contributed by atoms with E-state index in [2.05, 4.69) is 5.32 Å². The Balaban J connectivity index is 2.13. The van der Waals surface area contributed by atoms with Crippen molar-refractivity contribution in [2.24, 2.45) is 0 Å². The van der Waals surface area contributed by atoms with Gasteiger partial charge in [0.1, 0.15) is 0 Å². The van der Waals surface area contributed by atoms with Crippen molar-refractivity contribution in [2.45, 2.75) is 30.2 Å². The number of carbonyl (C=O) groups is 1. The van der Waals surface area contributed by atoms with Gasteiger partial charge in [-0.15, -0.1) is 11.8 Å². The van der Waals surface area contributed by atoms with Crippen molar-refractivity contribution in [3.63, 3.8) is 0 Å². The molecule has 0 bridgehead atoms. The van der Waals surface area contributed by atoms with E-state index in [1.165, 1.54) is 17.8 Å². The van der Waals surface area contributed by atoms with Crippen LogP contribution in [0.15, 0.2) is 47.4 Å². The number of benzene rings is 2. The van der Waals surface area contributed by atoms with Gasteiger partial charge in [0.2, 0.25) is 5.91 Å². The Morgan fingerprint density at radius 1 is 1.17 bits per heavy atom. The van der Waals surface area contributed by atoms with E-state index in [0.717, 1.165) is 22.6 Å². The van der Waals surface area contributed by atoms with E-state index in [-0.39, 0.29) is 10.7 Å². The van der Waals surface area contributed by atoms with Gasteiger partial charge in [0.05, 0.1) is 16.5 Å². The molecule has 0 spiro atoms. The number of anilines is 1. The second kappa shape index (κ2) is 7.49. The summed E-state index contributed by atoms with van der Waals surface area (Å²) in [6.45, 7) is 3.59. The number of halogens is 4. The van der Waals surface area contributed by atoms with E-state index >= 15 is 0 Å². The fourth-order valence-corrected chi connectivity index (χ4v) is 3.01. The molecule has 0 aromatic heterocycles. The minimum absolute atomic E-state index is 0.0394. The van der Waals surface area contributed by atoms with Gasteiger partial charge in [0.25, 0.3) is 0 Å². The van der Waals surface area contributed by atoms with Crippen LogP contribution < -0.4 is 5.32 Å². The molecule has 0 saturated heterocycles. The quantitative estimate of drug-likeness (QED) is 0.687. The molecule has 1 N–H and O–H groups in total. The van der Waals surface area contributed by atoms with Crippen molar-refractivity contribution in [3.05, 3.63) is 58.6 Å². The largest absolute Gasteiger partial charge is 0.418 e. The molecular formula is C17H15ClF3NOS. The lowest BCUT2D eigenvalue weighted by Crippen LogP contribution is -2.24. The summed E-state index contributed by atoms with van der Waals surface area (Å²) >= 11 is 6.90. The second-order valence-corrected chi connectivity index (χ2v) is 7.10. The van der Waals surface area contributed by atoms with Crippen molar-refractivity contribution in [1.29, 1.82) is 0 Å². The van der Waals surface area contributed by atoms with E-state index in [9.17, 15) is 18.0 Å². The average molecular weight is 374 g/mol. The van der Waals surface area contributed by atoms with E-state index in [1.807, 2.05) is 31.2 Å². The number of hydrogen-bond donors (Lipinski definition) is 1. The molecule has 2 rings (SSSR count). The van der Waals surface area contributed by atoms with Crippen LogP contribution in [0.1, 0.15) is 18.1 Å². The Bertz CT molecular complexity index is 732. The minimum atomic E-state index is -4.60. The van der Waals surface area contributed by atoms with Gasteiger partial charge in [-0.25, -0.2) is 0 Å². The summed E-state index contributed by atoms with van der Waals surface area (Å²) in [7, 11) is 0. The number of rotatable bonds is 4. The first-order valence-corrected chi connectivity index (χ1v) is 8.33. The zero-order valence-electron chi connectivity index (χ0n) is 12.9. The van der Waals surface area contributed by atoms with Crippen LogP contribution in [-0.4, -0.2) is 11.2 Å². The lowest BCUT2D eigenvalue weighted by molar-refractivity contribution is -0.137. The summed E-state index contributed by atoms with van der Waals surface area (Å²) in [6, 6.07) is 10.8. The summed E-state index contributed by atoms with van der Waals surface area (Å²) < 4.78 is 39.1. The molecule has 2 nitrogen and oxygen atoms in total. The summed E-state index contributed by atoms with van der Waals surface area (Å²) in [4.78, 5) is 13.1. The zero-order valence-corrected chi connectivity index (χ0v) is 14.5. The molecule has 0 unspecified atom stereocenters. The lowest BCUT2D eigenvalue weighted by atomic mass is 10.1. The van der Waals surface area contributed by atoms with Gasteiger partial charge in [-0.1, -0.05) is 29.3 Å². The highest BCUT2D eigenvalue weighted by Gasteiger charge is 2.34. The molecule has 2 aromatic carbocycles. The fraction of sp³-hybridized carbons (Fsp3) is 0.235. The summed E-state index contributed by atoms with van der Waals surface area (Å²) in [5.74, 6) is -0.506. The van der Waals surface area contributed by atoms with Crippen LogP contribution in [0.5, 0.6) is 0 Å². The molecule has 1 amide bonds. The van der Waals surface area contributed by atoms with Crippen LogP contribution in [0.4, 0.5) is 18.9 Å². The molecule has 0 saturated carbocycles. The highest BCUT2D eigenvalue weighted by atomic mass is 35.5. The monoisotopic (exact) mass is 373 g/mol. The van der Waals surface area contributed by atoms with Crippen LogP contribution in [0.25, 0.3) is 0 Å². The minimum Gasteiger partial charge on any atom is -0.325 e. The Hall–Kier alpha value is -1.66. The van der Waals surface area contributed by atoms with E-state index in [0.29, 0.717) is 0 Å². The maximum atomic E-state index is 13.0. The number of amides is 1. The van der Waals surface area contributed by atoms with Gasteiger partial charge in [0, 0.05) is 9.92 Å². The van der Waals surface area contributed by atoms with Crippen LogP contribution in [0.3, 0.4) is 0 Å². The predicted octanol–water partition coefficient (Wildman–Crippen LogP) is 5.79. The van der Waals surface area contributed by atoms with Crippen LogP contribution in [0.2, 0.25) is 5.02 Å². The zero-order chi connectivity index (χ0) is 17.9. The number of nitrogens with one attached hydrogen (secondary N) is 1. The van der Waals surface area contributed by atoms with Crippen molar-refractivity contribution in [2.75, 3.05) is 5.32 Å². The van der Waals surface area contributed by atoms with Gasteiger partial charge in [-0.2, -0.15) is 13.2 Å². The first kappa shape index (κ1) is 18.7. The number of alkyl halides is 3. The molecule has 0 fully saturated rings. The molecule has 1 atom stereocenters. The van der Waals surface area contributed by atoms with Crippen molar-refractivity contribution < 1.29 is 18.0 Å². The number of carbonyl (C=O) groups excluding carboxylic acids is 1. The number of hydrogen-bond acceptors (Lipinski definition) is 2. The Kier molecular flexibility index (Phi) is 5.83. The molecule has 0 radical (unpaired) electrons. The number of aryl methyl sites for hydroxylation is 1. The van der Waals surface area contributed by atoms with Gasteiger partial charge in [-0.05, 0) is 44.2 Å². The fourth-order valence-electron chi connectivity index (χ4n) is 1.97. The van der Waals surface area contributed by atoms with Crippen molar-refractivity contribution in [1.82, 2.24) is 0 Å². The van der Waals surface area contributed by atoms with Gasteiger partial charge in [0.15, 0.2) is 0 Å². The third kappa shape index (κ3) is 4.92. The van der Waals surface area contributed by atoms with E-state index in [4.69, 9.17) is 11.6 Å². The summed E-state index contributed by atoms with van der Waals surface area (Å²) in [6.07, 6.45) is -4.60. The van der Waals surface area contributed by atoms with Crippen molar-refractivity contribution >= 4 is 35.0 Å². The molecule has 0 aliphatic heterocycles. The maximum absolute atomic E-state index is 13.0. The third-order valence-corrected chi connectivity index (χ3v) is 4.60. The predicted molar refractivity (Wildman–Crippen MR) is 91.6 cm³/mol. The molecule has 0 heterocycles. The molecule has 7 heteroatoms. The molecule has 0 aliphatic rings. The molecule has 0 aliphatic carbocycles. The first-order valence-electron chi connectivity index (χ1n) is 7.08. The standard InChI is InChI=1S/C17H15ClF3NOS/c1-10-3-6-13(7-4-10)24-11(2)16(23)22-15-8-5-12(18)9-14(15)17(19,20)21/h3-9,11H,1-2H3,(H,22,23)/t11-/m0/s1. The van der Waals surface area contributed by atoms with Crippen LogP contribution in [0, 0.1) is 6.92 Å². The maximum Gasteiger partial charge on any atom is 0.418 e. The topological polar surface area (TPSA) is 29.1 Å². The van der Waals surface area contributed by atoms with Gasteiger partial charge in [-0.3, -0.25) is 4.79 Å². The normalized spacial score (nSPS) is 12.8. The lowest BCUT2D eigenvalue weighted by Gasteiger charge is -2.16. The molecule has 2 aromatic rings. The van der Waals surface area contributed by atoms with Crippen molar-refractivity contribution in [3.8, 4) is 0 Å². The first-order chi connectivity index (χ1) is 11.2. The average Bonchev–Trinajstić information content (AvgIpc) is 2.50. The summed E-state index contributed by atoms with van der Waals surface area (Å²) in [5.41, 5.74) is -0.170. The SMILES string of the molecule is Cc1ccc(S[C@@H](C)C(=O)Nc2ccc(Cl)cc2C(F)(F)F)cc1. The molecule has 24 heavy (non-hydrogen) atoms. The van der Waals surface area contributed by atoms with Gasteiger partial charge >= 0.3 is 6.18 Å². The number of thioether (sulfide) groups is 1. The highest BCUT2D eigenvalue weighted by Crippen LogP contribution is 2.37. The van der Waals surface area contributed by atoms with Gasteiger partial charge < -0.3 is 5.32 Å². The van der Waals surface area contributed by atoms with E-state index < -0.39 is 22.9 Å². The van der Waals surface area contributed by atoms with Crippen LogP contribution in [-0.2, 0) is 11.0 Å². The Morgan fingerprint density at radius 3 is 2.38 bits per heavy atom.